The molecule has 148 valence electrons. The van der Waals surface area contributed by atoms with E-state index in [1.54, 1.807) is 40.6 Å². The van der Waals surface area contributed by atoms with Gasteiger partial charge in [-0.1, -0.05) is 26.0 Å². The lowest BCUT2D eigenvalue weighted by Gasteiger charge is -2.17. The number of pyridine rings is 1. The zero-order valence-electron chi connectivity index (χ0n) is 16.2. The van der Waals surface area contributed by atoms with E-state index in [1.807, 2.05) is 18.2 Å². The number of aryl methyl sites for hydroxylation is 1. The molecule has 0 saturated carbocycles. The van der Waals surface area contributed by atoms with Crippen LogP contribution in [-0.4, -0.2) is 39.9 Å². The van der Waals surface area contributed by atoms with E-state index in [0.29, 0.717) is 29.4 Å². The van der Waals surface area contributed by atoms with Crippen LogP contribution in [0.15, 0.2) is 52.3 Å². The molecule has 1 unspecified atom stereocenters. The Bertz CT molecular complexity index is 1180. The first kappa shape index (κ1) is 18.9. The van der Waals surface area contributed by atoms with Crippen LogP contribution in [0, 0.1) is 0 Å². The maximum atomic E-state index is 13.1. The molecule has 0 bridgehead atoms. The molecule has 3 aromatic rings. The summed E-state index contributed by atoms with van der Waals surface area (Å²) in [6.07, 6.45) is 2.23. The third kappa shape index (κ3) is 2.97. The molecule has 0 radical (unpaired) electrons. The van der Waals surface area contributed by atoms with E-state index in [-0.39, 0.29) is 18.3 Å². The summed E-state index contributed by atoms with van der Waals surface area (Å²) in [6, 6.07) is 10.5. The first-order valence-electron chi connectivity index (χ1n) is 9.42. The van der Waals surface area contributed by atoms with E-state index in [0.717, 1.165) is 11.1 Å². The fraction of sp³-hybridized carbons (Fsp3) is 0.400. The molecule has 1 aliphatic heterocycles. The van der Waals surface area contributed by atoms with Crippen LogP contribution in [0.5, 0.6) is 0 Å². The van der Waals surface area contributed by atoms with Gasteiger partial charge in [-0.05, 0) is 42.2 Å². The van der Waals surface area contributed by atoms with Gasteiger partial charge in [-0.2, -0.15) is 4.31 Å². The normalized spacial score (nSPS) is 18.4. The van der Waals surface area contributed by atoms with Gasteiger partial charge in [-0.25, -0.2) is 18.2 Å². The quantitative estimate of drug-likeness (QED) is 0.674. The Morgan fingerprint density at radius 3 is 2.54 bits per heavy atom. The third-order valence-corrected chi connectivity index (χ3v) is 7.40. The van der Waals surface area contributed by atoms with E-state index in [4.69, 9.17) is 0 Å². The molecule has 3 heterocycles. The van der Waals surface area contributed by atoms with Gasteiger partial charge in [0, 0.05) is 26.3 Å². The van der Waals surface area contributed by atoms with Crippen LogP contribution in [-0.2, 0) is 17.1 Å². The first-order valence-corrected chi connectivity index (χ1v) is 10.9. The number of imidazole rings is 1. The Hall–Kier alpha value is -2.45. The highest BCUT2D eigenvalue weighted by molar-refractivity contribution is 7.89. The molecule has 1 aliphatic rings. The minimum atomic E-state index is -3.59. The van der Waals surface area contributed by atoms with Crippen molar-refractivity contribution in [3.8, 4) is 0 Å². The zero-order chi connectivity index (χ0) is 20.1. The third-order valence-electron chi connectivity index (χ3n) is 5.52. The second-order valence-electron chi connectivity index (χ2n) is 7.59. The molecule has 28 heavy (non-hydrogen) atoms. The van der Waals surface area contributed by atoms with E-state index < -0.39 is 10.0 Å². The fourth-order valence-electron chi connectivity index (χ4n) is 3.83. The number of hydrogen-bond acceptors (Lipinski definition) is 4. The highest BCUT2D eigenvalue weighted by Crippen LogP contribution is 2.29. The summed E-state index contributed by atoms with van der Waals surface area (Å²) in [5.74, 6) is 0.346. The van der Waals surface area contributed by atoms with Gasteiger partial charge >= 0.3 is 5.69 Å². The van der Waals surface area contributed by atoms with Gasteiger partial charge in [0.1, 0.15) is 0 Å². The molecule has 0 N–H and O–H groups in total. The van der Waals surface area contributed by atoms with Crippen molar-refractivity contribution in [3.63, 3.8) is 0 Å². The number of aromatic nitrogens is 3. The zero-order valence-corrected chi connectivity index (χ0v) is 17.1. The Kier molecular flexibility index (Phi) is 4.63. The van der Waals surface area contributed by atoms with Gasteiger partial charge in [-0.3, -0.25) is 9.13 Å². The molecule has 8 heteroatoms. The van der Waals surface area contributed by atoms with Gasteiger partial charge < -0.3 is 0 Å². The van der Waals surface area contributed by atoms with E-state index >= 15 is 0 Å². The van der Waals surface area contributed by atoms with Crippen molar-refractivity contribution in [2.24, 2.45) is 7.05 Å². The maximum absolute atomic E-state index is 13.1. The van der Waals surface area contributed by atoms with Crippen molar-refractivity contribution >= 4 is 21.2 Å². The average Bonchev–Trinajstić information content (AvgIpc) is 3.26. The lowest BCUT2D eigenvalue weighted by atomic mass is 10.0. The molecule has 1 saturated heterocycles. The van der Waals surface area contributed by atoms with Crippen LogP contribution in [0.25, 0.3) is 11.2 Å². The molecule has 1 aromatic carbocycles. The molecule has 1 atom stereocenters. The van der Waals surface area contributed by atoms with E-state index in [9.17, 15) is 13.2 Å². The minimum Gasteiger partial charge on any atom is -0.293 e. The predicted molar refractivity (Wildman–Crippen MR) is 108 cm³/mol. The van der Waals surface area contributed by atoms with Crippen LogP contribution in [0.2, 0.25) is 0 Å². The Morgan fingerprint density at radius 1 is 1.14 bits per heavy atom. The Labute approximate surface area is 164 Å². The summed E-state index contributed by atoms with van der Waals surface area (Å²) in [5, 5.41) is 0. The summed E-state index contributed by atoms with van der Waals surface area (Å²) >= 11 is 0. The van der Waals surface area contributed by atoms with Crippen molar-refractivity contribution in [2.45, 2.75) is 37.1 Å². The lowest BCUT2D eigenvalue weighted by molar-refractivity contribution is 0.449. The van der Waals surface area contributed by atoms with Gasteiger partial charge in [0.05, 0.1) is 16.5 Å². The summed E-state index contributed by atoms with van der Waals surface area (Å²) in [4.78, 5) is 17.4. The summed E-state index contributed by atoms with van der Waals surface area (Å²) in [6.45, 7) is 4.80. The smallest absolute Gasteiger partial charge is 0.293 e. The van der Waals surface area contributed by atoms with E-state index in [1.165, 1.54) is 4.31 Å². The van der Waals surface area contributed by atoms with Crippen LogP contribution in [0.4, 0.5) is 0 Å². The van der Waals surface area contributed by atoms with Gasteiger partial charge in [0.15, 0.2) is 5.65 Å². The maximum Gasteiger partial charge on any atom is 0.330 e. The van der Waals surface area contributed by atoms with Crippen molar-refractivity contribution < 1.29 is 8.42 Å². The Balaban J connectivity index is 1.64. The fourth-order valence-corrected chi connectivity index (χ4v) is 5.33. The van der Waals surface area contributed by atoms with Crippen molar-refractivity contribution in [2.75, 3.05) is 13.1 Å². The number of sulfonamides is 1. The van der Waals surface area contributed by atoms with Crippen LogP contribution in [0.1, 0.15) is 37.8 Å². The highest BCUT2D eigenvalue weighted by atomic mass is 32.2. The van der Waals surface area contributed by atoms with Crippen LogP contribution in [0.3, 0.4) is 0 Å². The standard InChI is InChI=1S/C20H24N4O3S/c1-14(2)15-6-8-17(9-7-15)28(26,27)23-12-10-16(13-23)24-19-18(5-4-11-21-19)22(3)20(24)25/h4-9,11,14,16H,10,12-13H2,1-3H3. The SMILES string of the molecule is CC(C)c1ccc(S(=O)(=O)N2CCC(n3c(=O)n(C)c4cccnc43)C2)cc1. The molecule has 1 fully saturated rings. The molecule has 4 rings (SSSR count). The molecule has 0 aliphatic carbocycles. The Morgan fingerprint density at radius 2 is 1.86 bits per heavy atom. The number of rotatable bonds is 4. The number of nitrogens with zero attached hydrogens (tertiary/aromatic N) is 4. The van der Waals surface area contributed by atoms with Crippen molar-refractivity contribution in [3.05, 3.63) is 58.6 Å². The topological polar surface area (TPSA) is 77.2 Å². The number of fused-ring (bicyclic) bond motifs is 1. The van der Waals surface area contributed by atoms with Crippen LogP contribution < -0.4 is 5.69 Å². The van der Waals surface area contributed by atoms with Crippen LogP contribution >= 0.6 is 0 Å². The van der Waals surface area contributed by atoms with Crippen molar-refractivity contribution in [1.82, 2.24) is 18.4 Å². The lowest BCUT2D eigenvalue weighted by Crippen LogP contribution is -2.32. The first-order chi connectivity index (χ1) is 13.3. The molecule has 7 nitrogen and oxygen atoms in total. The summed E-state index contributed by atoms with van der Waals surface area (Å²) in [7, 11) is -1.88. The van der Waals surface area contributed by atoms with Gasteiger partial charge in [-0.15, -0.1) is 0 Å². The van der Waals surface area contributed by atoms with Crippen molar-refractivity contribution in [1.29, 1.82) is 0 Å². The second-order valence-corrected chi connectivity index (χ2v) is 9.52. The second kappa shape index (κ2) is 6.86. The van der Waals surface area contributed by atoms with Gasteiger partial charge in [0.2, 0.25) is 10.0 Å². The highest BCUT2D eigenvalue weighted by Gasteiger charge is 2.35. The molecule has 0 amide bonds. The predicted octanol–water partition coefficient (Wildman–Crippen LogP) is 2.49. The van der Waals surface area contributed by atoms with Gasteiger partial charge in [0.25, 0.3) is 0 Å². The molecule has 2 aromatic heterocycles. The molecular weight excluding hydrogens is 376 g/mol. The summed E-state index contributed by atoms with van der Waals surface area (Å²) < 4.78 is 30.8. The average molecular weight is 401 g/mol. The summed E-state index contributed by atoms with van der Waals surface area (Å²) in [5.41, 5.74) is 2.28. The monoisotopic (exact) mass is 400 g/mol. The molecular formula is C20H24N4O3S. The van der Waals surface area contributed by atoms with E-state index in [2.05, 4.69) is 18.8 Å². The number of hydrogen-bond donors (Lipinski definition) is 0. The molecule has 0 spiro atoms. The number of benzene rings is 1. The minimum absolute atomic E-state index is 0.167. The largest absolute Gasteiger partial charge is 0.330 e.